The minimum absolute atomic E-state index is 0.0419. The normalized spacial score (nSPS) is 23.7. The number of hydrogen-bond donors (Lipinski definition) is 2. The fourth-order valence-electron chi connectivity index (χ4n) is 6.11. The number of nitrogens with zero attached hydrogens (tertiary/aromatic N) is 3. The van der Waals surface area contributed by atoms with E-state index < -0.39 is 5.92 Å². The molecule has 0 saturated carbocycles. The molecular formula is C30H41FN3O3. The van der Waals surface area contributed by atoms with Gasteiger partial charge in [-0.25, -0.2) is 14.4 Å². The number of rotatable bonds is 10. The molecule has 201 valence electrons. The Balaban J connectivity index is 1.73. The lowest BCUT2D eigenvalue weighted by Crippen LogP contribution is -2.56. The number of hydrogen-bond acceptors (Lipinski definition) is 6. The van der Waals surface area contributed by atoms with Crippen molar-refractivity contribution in [2.45, 2.75) is 51.0 Å². The van der Waals surface area contributed by atoms with Crippen LogP contribution in [-0.2, 0) is 0 Å². The summed E-state index contributed by atoms with van der Waals surface area (Å²) in [5.41, 5.74) is 1.94. The highest BCUT2D eigenvalue weighted by Gasteiger charge is 2.45. The number of halogens is 1. The summed E-state index contributed by atoms with van der Waals surface area (Å²) in [5.74, 6) is 0.358. The van der Waals surface area contributed by atoms with Gasteiger partial charge in [-0.2, -0.15) is 0 Å². The molecule has 2 aliphatic heterocycles. The van der Waals surface area contributed by atoms with E-state index >= 15 is 0 Å². The quantitative estimate of drug-likeness (QED) is 0.365. The van der Waals surface area contributed by atoms with Gasteiger partial charge in [-0.05, 0) is 88.5 Å². The lowest BCUT2D eigenvalue weighted by atomic mass is 9.68. The number of carbonyl (C=O) groups is 1. The zero-order chi connectivity index (χ0) is 26.5. The average Bonchev–Trinajstić information content (AvgIpc) is 3.36. The zero-order valence-corrected chi connectivity index (χ0v) is 22.4. The van der Waals surface area contributed by atoms with Crippen molar-refractivity contribution in [3.8, 4) is 5.75 Å². The summed E-state index contributed by atoms with van der Waals surface area (Å²) in [6.45, 7) is 4.93. The molecule has 2 aromatic rings. The summed E-state index contributed by atoms with van der Waals surface area (Å²) in [5, 5.41) is 24.6. The highest BCUT2D eigenvalue weighted by molar-refractivity contribution is 5.99. The average molecular weight is 511 g/mol. The first kappa shape index (κ1) is 27.7. The minimum Gasteiger partial charge on any atom is -0.508 e. The van der Waals surface area contributed by atoms with E-state index in [2.05, 4.69) is 29.0 Å². The molecular weight excluding hydrogens is 469 g/mol. The van der Waals surface area contributed by atoms with Gasteiger partial charge in [0.25, 0.3) is 0 Å². The van der Waals surface area contributed by atoms with Crippen LogP contribution in [0.25, 0.3) is 0 Å². The van der Waals surface area contributed by atoms with Crippen molar-refractivity contribution in [2.24, 2.45) is 5.92 Å². The Bertz CT molecular complexity index is 1060. The van der Waals surface area contributed by atoms with Crippen molar-refractivity contribution in [2.75, 3.05) is 46.9 Å². The number of piperidine rings is 1. The third-order valence-electron chi connectivity index (χ3n) is 8.02. The van der Waals surface area contributed by atoms with E-state index in [0.29, 0.717) is 24.2 Å². The summed E-state index contributed by atoms with van der Waals surface area (Å²) < 4.78 is 14.8. The fourth-order valence-corrected chi connectivity index (χ4v) is 6.11. The van der Waals surface area contributed by atoms with Crippen LogP contribution in [0.5, 0.6) is 5.75 Å². The molecule has 0 bridgehead atoms. The predicted octanol–water partition coefficient (Wildman–Crippen LogP) is 4.42. The molecule has 0 spiro atoms. The van der Waals surface area contributed by atoms with Gasteiger partial charge in [0.15, 0.2) is 5.78 Å². The maximum atomic E-state index is 14.8. The van der Waals surface area contributed by atoms with E-state index in [1.807, 2.05) is 6.07 Å². The smallest absolute Gasteiger partial charge is 0.168 e. The number of Topliss-reactive ketones (excluding diaryl/α,β-unsaturated/α-hetero) is 1. The number of aromatic hydroxyl groups is 1. The van der Waals surface area contributed by atoms with Crippen LogP contribution < -0.4 is 0 Å². The van der Waals surface area contributed by atoms with Crippen molar-refractivity contribution in [3.05, 3.63) is 70.9 Å². The molecule has 3 atom stereocenters. The zero-order valence-electron chi connectivity index (χ0n) is 22.4. The van der Waals surface area contributed by atoms with Gasteiger partial charge in [0.05, 0.1) is 6.61 Å². The molecule has 6 nitrogen and oxygen atoms in total. The van der Waals surface area contributed by atoms with E-state index in [-0.39, 0.29) is 35.9 Å². The number of benzene rings is 2. The molecule has 37 heavy (non-hydrogen) atoms. The van der Waals surface area contributed by atoms with Gasteiger partial charge in [-0.15, -0.1) is 0 Å². The number of hydrazine groups is 1. The van der Waals surface area contributed by atoms with Crippen LogP contribution in [0.4, 0.5) is 4.39 Å². The van der Waals surface area contributed by atoms with E-state index in [9.17, 15) is 19.4 Å². The van der Waals surface area contributed by atoms with Gasteiger partial charge in [-0.3, -0.25) is 4.79 Å². The van der Waals surface area contributed by atoms with Crippen LogP contribution in [0.2, 0.25) is 0 Å². The van der Waals surface area contributed by atoms with Crippen LogP contribution in [0.15, 0.2) is 42.5 Å². The molecule has 2 saturated heterocycles. The Morgan fingerprint density at radius 1 is 1.16 bits per heavy atom. The third kappa shape index (κ3) is 6.40. The summed E-state index contributed by atoms with van der Waals surface area (Å²) in [7, 11) is 4.14. The fraction of sp³-hybridized carbons (Fsp3) is 0.533. The second kappa shape index (κ2) is 12.5. The van der Waals surface area contributed by atoms with Gasteiger partial charge in [0.2, 0.25) is 0 Å². The van der Waals surface area contributed by atoms with Gasteiger partial charge >= 0.3 is 0 Å². The third-order valence-corrected chi connectivity index (χ3v) is 8.02. The second-order valence-electron chi connectivity index (χ2n) is 10.9. The molecule has 7 heteroatoms. The number of unbranched alkanes of at least 4 members (excludes halogenated alkanes) is 1. The van der Waals surface area contributed by atoms with Gasteiger partial charge < -0.3 is 15.1 Å². The maximum absolute atomic E-state index is 14.8. The van der Waals surface area contributed by atoms with Crippen molar-refractivity contribution in [1.82, 2.24) is 14.9 Å². The maximum Gasteiger partial charge on any atom is 0.168 e. The van der Waals surface area contributed by atoms with Crippen LogP contribution in [0, 0.1) is 24.6 Å². The molecule has 0 unspecified atom stereocenters. The first-order valence-corrected chi connectivity index (χ1v) is 13.5. The number of carbonyl (C=O) groups excluding carboxylic acids is 1. The van der Waals surface area contributed by atoms with Crippen molar-refractivity contribution < 1.29 is 19.4 Å². The Kier molecular flexibility index (Phi) is 9.35. The molecule has 4 rings (SSSR count). The van der Waals surface area contributed by atoms with Crippen LogP contribution in [0.3, 0.4) is 0 Å². The molecule has 2 fully saturated rings. The number of phenolic OH excluding ortho intramolecular Hbond substituents is 1. The van der Waals surface area contributed by atoms with Crippen molar-refractivity contribution in [3.63, 3.8) is 0 Å². The highest BCUT2D eigenvalue weighted by Crippen LogP contribution is 2.45. The van der Waals surface area contributed by atoms with Crippen LogP contribution in [-0.4, -0.2) is 83.8 Å². The van der Waals surface area contributed by atoms with Gasteiger partial charge in [0, 0.05) is 43.1 Å². The SMILES string of the molecule is Cc1c(F)cccc1[C@@H]1[C](CCCCN(C)C)CN(N2CCC[C@H]2CO)C[C@@H]1C(=O)c1cccc(O)c1. The minimum atomic E-state index is -0.431. The van der Waals surface area contributed by atoms with E-state index in [0.717, 1.165) is 50.8 Å². The summed E-state index contributed by atoms with van der Waals surface area (Å²) in [4.78, 5) is 16.3. The monoisotopic (exact) mass is 510 g/mol. The largest absolute Gasteiger partial charge is 0.508 e. The molecule has 0 aromatic heterocycles. The number of aliphatic hydroxyl groups is 1. The van der Waals surface area contributed by atoms with Gasteiger partial charge in [-0.1, -0.05) is 30.7 Å². The molecule has 2 N–H and O–H groups in total. The standard InChI is InChI=1S/C30H41FN3O3/c1-21-26(13-7-14-28(21)31)29-23(9-4-5-15-32(2)3)18-33(34-16-8-11-24(34)20-35)19-27(29)30(37)22-10-6-12-25(36)17-22/h6-7,10,12-14,17,24,27,29,35-36H,4-5,8-9,11,15-16,18-20H2,1-3H3/t24-,27-,29-/m0/s1. The molecule has 0 aliphatic carbocycles. The lowest BCUT2D eigenvalue weighted by Gasteiger charge is -2.48. The predicted molar refractivity (Wildman–Crippen MR) is 144 cm³/mol. The Morgan fingerprint density at radius 3 is 2.68 bits per heavy atom. The van der Waals surface area contributed by atoms with Crippen molar-refractivity contribution in [1.29, 1.82) is 0 Å². The Morgan fingerprint density at radius 2 is 1.95 bits per heavy atom. The first-order valence-electron chi connectivity index (χ1n) is 13.5. The summed E-state index contributed by atoms with van der Waals surface area (Å²) in [6.07, 6.45) is 4.83. The van der Waals surface area contributed by atoms with E-state index in [1.165, 1.54) is 18.1 Å². The first-order chi connectivity index (χ1) is 17.8. The lowest BCUT2D eigenvalue weighted by molar-refractivity contribution is -0.0705. The highest BCUT2D eigenvalue weighted by atomic mass is 19.1. The Labute approximate surface area is 220 Å². The number of ketones is 1. The molecule has 2 aliphatic rings. The van der Waals surface area contributed by atoms with Crippen LogP contribution in [0.1, 0.15) is 59.5 Å². The van der Waals surface area contributed by atoms with E-state index in [4.69, 9.17) is 0 Å². The second-order valence-corrected chi connectivity index (χ2v) is 10.9. The van der Waals surface area contributed by atoms with Crippen molar-refractivity contribution >= 4 is 5.78 Å². The van der Waals surface area contributed by atoms with Crippen LogP contribution >= 0.6 is 0 Å². The summed E-state index contributed by atoms with van der Waals surface area (Å²) in [6, 6.07) is 11.8. The van der Waals surface area contributed by atoms with E-state index in [1.54, 1.807) is 31.2 Å². The topological polar surface area (TPSA) is 67.2 Å². The molecule has 2 heterocycles. The molecule has 0 amide bonds. The Hall–Kier alpha value is -2.32. The number of aliphatic hydroxyl groups excluding tert-OH is 1. The summed E-state index contributed by atoms with van der Waals surface area (Å²) >= 11 is 0. The molecule has 2 aromatic carbocycles. The molecule has 1 radical (unpaired) electrons. The number of phenols is 1. The van der Waals surface area contributed by atoms with Gasteiger partial charge in [0.1, 0.15) is 11.6 Å².